The molecule has 0 fully saturated rings. The van der Waals surface area contributed by atoms with E-state index in [2.05, 4.69) is 24.4 Å². The highest BCUT2D eigenvalue weighted by Crippen LogP contribution is 2.10. The van der Waals surface area contributed by atoms with Crippen molar-refractivity contribution in [3.05, 3.63) is 71.3 Å². The first kappa shape index (κ1) is 14.3. The average molecular weight is 268 g/mol. The van der Waals surface area contributed by atoms with Crippen LogP contribution in [-0.4, -0.2) is 12.5 Å². The third-order valence-corrected chi connectivity index (χ3v) is 3.40. The summed E-state index contributed by atoms with van der Waals surface area (Å²) in [6, 6.07) is 17.0. The lowest BCUT2D eigenvalue weighted by Gasteiger charge is -2.13. The van der Waals surface area contributed by atoms with E-state index in [1.807, 2.05) is 42.5 Å². The summed E-state index contributed by atoms with van der Waals surface area (Å²) >= 11 is 0. The summed E-state index contributed by atoms with van der Waals surface area (Å²) in [7, 11) is 0. The van der Waals surface area contributed by atoms with E-state index < -0.39 is 6.04 Å². The highest BCUT2D eigenvalue weighted by Gasteiger charge is 2.14. The van der Waals surface area contributed by atoms with E-state index in [4.69, 9.17) is 5.73 Å². The SMILES string of the molecule is Cc1ccccc1CCNC(=O)[C@H](N)c1ccccc1. The quantitative estimate of drug-likeness (QED) is 0.874. The monoisotopic (exact) mass is 268 g/mol. The van der Waals surface area contributed by atoms with Crippen molar-refractivity contribution in [1.29, 1.82) is 0 Å². The van der Waals surface area contributed by atoms with E-state index >= 15 is 0 Å². The molecule has 3 N–H and O–H groups in total. The van der Waals surface area contributed by atoms with Crippen LogP contribution in [0.25, 0.3) is 0 Å². The van der Waals surface area contributed by atoms with Crippen LogP contribution in [0.15, 0.2) is 54.6 Å². The fourth-order valence-corrected chi connectivity index (χ4v) is 2.13. The Morgan fingerprint density at radius 3 is 2.45 bits per heavy atom. The van der Waals surface area contributed by atoms with Crippen LogP contribution in [0.3, 0.4) is 0 Å². The Kier molecular flexibility index (Phi) is 4.91. The predicted molar refractivity (Wildman–Crippen MR) is 81.3 cm³/mol. The fourth-order valence-electron chi connectivity index (χ4n) is 2.13. The molecular formula is C17H20N2O. The maximum atomic E-state index is 12.0. The number of rotatable bonds is 5. The number of hydrogen-bond donors (Lipinski definition) is 2. The zero-order valence-corrected chi connectivity index (χ0v) is 11.7. The van der Waals surface area contributed by atoms with Gasteiger partial charge < -0.3 is 11.1 Å². The molecule has 2 aromatic carbocycles. The standard InChI is InChI=1S/C17H20N2O/c1-13-7-5-6-8-14(13)11-12-19-17(20)16(18)15-9-3-2-4-10-15/h2-10,16H,11-12,18H2,1H3,(H,19,20)/t16-/m1/s1. The van der Waals surface area contributed by atoms with E-state index in [1.54, 1.807) is 0 Å². The third-order valence-electron chi connectivity index (χ3n) is 3.40. The predicted octanol–water partition coefficient (Wildman–Crippen LogP) is 2.35. The maximum absolute atomic E-state index is 12.0. The van der Waals surface area contributed by atoms with Crippen molar-refractivity contribution in [2.45, 2.75) is 19.4 Å². The Hall–Kier alpha value is -2.13. The van der Waals surface area contributed by atoms with Gasteiger partial charge in [0.15, 0.2) is 0 Å². The minimum Gasteiger partial charge on any atom is -0.354 e. The van der Waals surface area contributed by atoms with Crippen LogP contribution in [0.2, 0.25) is 0 Å². The first-order valence-electron chi connectivity index (χ1n) is 6.81. The maximum Gasteiger partial charge on any atom is 0.241 e. The molecule has 0 aliphatic rings. The van der Waals surface area contributed by atoms with Gasteiger partial charge in [-0.15, -0.1) is 0 Å². The first-order valence-corrected chi connectivity index (χ1v) is 6.81. The molecule has 0 aliphatic carbocycles. The van der Waals surface area contributed by atoms with Gasteiger partial charge in [-0.05, 0) is 30.0 Å². The van der Waals surface area contributed by atoms with E-state index in [0.29, 0.717) is 6.54 Å². The molecule has 3 nitrogen and oxygen atoms in total. The molecule has 0 radical (unpaired) electrons. The average Bonchev–Trinajstić information content (AvgIpc) is 2.49. The summed E-state index contributed by atoms with van der Waals surface area (Å²) in [5, 5.41) is 2.89. The molecule has 20 heavy (non-hydrogen) atoms. The van der Waals surface area contributed by atoms with Crippen LogP contribution in [0, 0.1) is 6.92 Å². The normalized spacial score (nSPS) is 11.9. The molecule has 0 saturated carbocycles. The van der Waals surface area contributed by atoms with Gasteiger partial charge in [-0.3, -0.25) is 4.79 Å². The molecule has 0 unspecified atom stereocenters. The molecule has 0 heterocycles. The number of carbonyl (C=O) groups is 1. The topological polar surface area (TPSA) is 55.1 Å². The van der Waals surface area contributed by atoms with E-state index in [-0.39, 0.29) is 5.91 Å². The fraction of sp³-hybridized carbons (Fsp3) is 0.235. The summed E-state index contributed by atoms with van der Waals surface area (Å²) in [5.74, 6) is -0.134. The zero-order chi connectivity index (χ0) is 14.4. The lowest BCUT2D eigenvalue weighted by atomic mass is 10.1. The number of nitrogens with two attached hydrogens (primary N) is 1. The summed E-state index contributed by atoms with van der Waals surface area (Å²) in [6.45, 7) is 2.68. The second kappa shape index (κ2) is 6.87. The minimum atomic E-state index is -0.604. The number of carbonyl (C=O) groups excluding carboxylic acids is 1. The Balaban J connectivity index is 1.85. The molecule has 3 heteroatoms. The largest absolute Gasteiger partial charge is 0.354 e. The van der Waals surface area contributed by atoms with Gasteiger partial charge >= 0.3 is 0 Å². The highest BCUT2D eigenvalue weighted by atomic mass is 16.2. The summed E-state index contributed by atoms with van der Waals surface area (Å²) < 4.78 is 0. The highest BCUT2D eigenvalue weighted by molar-refractivity contribution is 5.82. The van der Waals surface area contributed by atoms with Crippen LogP contribution in [0.5, 0.6) is 0 Å². The first-order chi connectivity index (χ1) is 9.68. The molecule has 1 amide bonds. The van der Waals surface area contributed by atoms with Gasteiger partial charge in [-0.25, -0.2) is 0 Å². The van der Waals surface area contributed by atoms with E-state index in [0.717, 1.165) is 12.0 Å². The Labute approximate surface area is 119 Å². The van der Waals surface area contributed by atoms with E-state index in [9.17, 15) is 4.79 Å². The third kappa shape index (κ3) is 3.68. The second-order valence-electron chi connectivity index (χ2n) is 4.86. The van der Waals surface area contributed by atoms with Crippen molar-refractivity contribution in [3.63, 3.8) is 0 Å². The molecule has 1 atom stereocenters. The van der Waals surface area contributed by atoms with Gasteiger partial charge in [0.1, 0.15) is 6.04 Å². The van der Waals surface area contributed by atoms with Crippen LogP contribution >= 0.6 is 0 Å². The van der Waals surface area contributed by atoms with Gasteiger partial charge in [0, 0.05) is 6.54 Å². The Morgan fingerprint density at radius 1 is 1.10 bits per heavy atom. The number of benzene rings is 2. The molecule has 0 spiro atoms. The minimum absolute atomic E-state index is 0.134. The van der Waals surface area contributed by atoms with Crippen LogP contribution in [0.4, 0.5) is 0 Å². The van der Waals surface area contributed by atoms with Crippen molar-refractivity contribution in [2.24, 2.45) is 5.73 Å². The zero-order valence-electron chi connectivity index (χ0n) is 11.7. The van der Waals surface area contributed by atoms with Gasteiger partial charge in [0.05, 0.1) is 0 Å². The summed E-state index contributed by atoms with van der Waals surface area (Å²) in [4.78, 5) is 12.0. The second-order valence-corrected chi connectivity index (χ2v) is 4.86. The lowest BCUT2D eigenvalue weighted by Crippen LogP contribution is -2.35. The molecule has 0 bridgehead atoms. The number of amides is 1. The molecular weight excluding hydrogens is 248 g/mol. The van der Waals surface area contributed by atoms with Crippen molar-refractivity contribution in [1.82, 2.24) is 5.32 Å². The number of nitrogens with one attached hydrogen (secondary N) is 1. The van der Waals surface area contributed by atoms with Gasteiger partial charge in [-0.1, -0.05) is 54.6 Å². The van der Waals surface area contributed by atoms with Crippen LogP contribution in [0.1, 0.15) is 22.7 Å². The van der Waals surface area contributed by atoms with Gasteiger partial charge in [0.25, 0.3) is 0 Å². The smallest absolute Gasteiger partial charge is 0.241 e. The summed E-state index contributed by atoms with van der Waals surface area (Å²) in [6.07, 6.45) is 0.819. The molecule has 2 aromatic rings. The van der Waals surface area contributed by atoms with Crippen molar-refractivity contribution < 1.29 is 4.79 Å². The van der Waals surface area contributed by atoms with Crippen molar-refractivity contribution >= 4 is 5.91 Å². The van der Waals surface area contributed by atoms with Gasteiger partial charge in [-0.2, -0.15) is 0 Å². The van der Waals surface area contributed by atoms with Crippen LogP contribution < -0.4 is 11.1 Å². The van der Waals surface area contributed by atoms with Crippen molar-refractivity contribution in [2.75, 3.05) is 6.54 Å². The van der Waals surface area contributed by atoms with E-state index in [1.165, 1.54) is 11.1 Å². The van der Waals surface area contributed by atoms with Crippen LogP contribution in [-0.2, 0) is 11.2 Å². The van der Waals surface area contributed by atoms with Gasteiger partial charge in [0.2, 0.25) is 5.91 Å². The number of aryl methyl sites for hydroxylation is 1. The molecule has 0 saturated heterocycles. The Morgan fingerprint density at radius 2 is 1.75 bits per heavy atom. The molecule has 0 aromatic heterocycles. The Bertz CT molecular complexity index is 566. The molecule has 2 rings (SSSR count). The van der Waals surface area contributed by atoms with Crippen molar-refractivity contribution in [3.8, 4) is 0 Å². The molecule has 104 valence electrons. The molecule has 0 aliphatic heterocycles. The summed E-state index contributed by atoms with van der Waals surface area (Å²) in [5.41, 5.74) is 9.27. The number of hydrogen-bond acceptors (Lipinski definition) is 2. The lowest BCUT2D eigenvalue weighted by molar-refractivity contribution is -0.122.